The highest BCUT2D eigenvalue weighted by Crippen LogP contribution is 2.21. The van der Waals surface area contributed by atoms with Crippen molar-refractivity contribution in [2.45, 2.75) is 18.5 Å². The summed E-state index contributed by atoms with van der Waals surface area (Å²) < 4.78 is 52.2. The number of alkyl halides is 4. The molecule has 0 aliphatic heterocycles. The molecule has 0 saturated heterocycles. The Morgan fingerprint density at radius 2 is 2.00 bits per heavy atom. The van der Waals surface area contributed by atoms with E-state index >= 15 is 0 Å². The highest BCUT2D eigenvalue weighted by atomic mass is 19.3. The first-order valence-electron chi connectivity index (χ1n) is 3.94. The van der Waals surface area contributed by atoms with Gasteiger partial charge >= 0.3 is 12.3 Å². The Morgan fingerprint density at radius 3 is 2.43 bits per heavy atom. The van der Waals surface area contributed by atoms with E-state index in [1.54, 1.807) is 0 Å². The summed E-state index contributed by atoms with van der Waals surface area (Å²) in [6.07, 6.45) is -4.68. The average molecular weight is 219 g/mol. The van der Waals surface area contributed by atoms with Gasteiger partial charge in [-0.15, -0.1) is 0 Å². The van der Waals surface area contributed by atoms with Gasteiger partial charge in [0.25, 0.3) is 0 Å². The molecule has 2 N–H and O–H groups in total. The molecule has 7 heteroatoms. The monoisotopic (exact) mass is 219 g/mol. The molecule has 0 saturated carbocycles. The number of ether oxygens (including phenoxy) is 1. The molecule has 1 unspecified atom stereocenters. The fourth-order valence-corrected chi connectivity index (χ4v) is 0.734. The normalized spacial score (nSPS) is 14.8. The quantitative estimate of drug-likeness (QED) is 0.612. The molecule has 0 aromatic rings. The van der Waals surface area contributed by atoms with E-state index in [4.69, 9.17) is 5.11 Å². The molecule has 14 heavy (non-hydrogen) atoms. The molecule has 0 aliphatic rings. The number of hydrogen-bond acceptors (Lipinski definition) is 3. The topological polar surface area (TPSA) is 41.5 Å². The van der Waals surface area contributed by atoms with Gasteiger partial charge in [-0.2, -0.15) is 8.78 Å². The van der Waals surface area contributed by atoms with Gasteiger partial charge in [-0.3, -0.25) is 0 Å². The lowest BCUT2D eigenvalue weighted by Crippen LogP contribution is -2.42. The van der Waals surface area contributed by atoms with Crippen LogP contribution in [-0.2, 0) is 4.74 Å². The second kappa shape index (κ2) is 6.15. The summed E-state index contributed by atoms with van der Waals surface area (Å²) in [4.78, 5) is 0. The number of methoxy groups -OCH3 is 1. The predicted molar refractivity (Wildman–Crippen MR) is 41.7 cm³/mol. The van der Waals surface area contributed by atoms with Gasteiger partial charge in [0.05, 0.1) is 19.3 Å². The second-order valence-corrected chi connectivity index (χ2v) is 2.80. The molecule has 0 aromatic heterocycles. The lowest BCUT2D eigenvalue weighted by atomic mass is 10.3. The lowest BCUT2D eigenvalue weighted by molar-refractivity contribution is -0.126. The Balaban J connectivity index is 3.62. The second-order valence-electron chi connectivity index (χ2n) is 2.80. The number of halogens is 4. The summed E-state index contributed by atoms with van der Waals surface area (Å²) in [5.41, 5.74) is 0. The highest BCUT2D eigenvalue weighted by Gasteiger charge is 2.40. The Labute approximate surface area is 79.0 Å². The first-order valence-corrected chi connectivity index (χ1v) is 3.94. The zero-order valence-corrected chi connectivity index (χ0v) is 7.64. The first kappa shape index (κ1) is 13.6. The van der Waals surface area contributed by atoms with E-state index < -0.39 is 25.0 Å². The van der Waals surface area contributed by atoms with E-state index in [2.05, 4.69) is 4.74 Å². The van der Waals surface area contributed by atoms with Crippen molar-refractivity contribution in [2.75, 3.05) is 26.8 Å². The third-order valence-electron chi connectivity index (χ3n) is 1.42. The summed E-state index contributed by atoms with van der Waals surface area (Å²) in [7, 11) is 1.33. The maximum Gasteiger partial charge on any atom is 0.319 e. The van der Waals surface area contributed by atoms with Crippen molar-refractivity contribution < 1.29 is 27.4 Å². The van der Waals surface area contributed by atoms with Gasteiger partial charge in [-0.05, 0) is 0 Å². The fraction of sp³-hybridized carbons (Fsp3) is 1.00. The van der Waals surface area contributed by atoms with E-state index in [9.17, 15) is 17.6 Å². The lowest BCUT2D eigenvalue weighted by Gasteiger charge is -2.17. The van der Waals surface area contributed by atoms with Gasteiger partial charge in [-0.25, -0.2) is 8.78 Å². The van der Waals surface area contributed by atoms with Crippen LogP contribution in [0.4, 0.5) is 17.6 Å². The summed E-state index contributed by atoms with van der Waals surface area (Å²) in [5, 5.41) is 11.0. The standard InChI is InChI=1S/C7H13F4NO2/c1-14-3-5(13)2-12-4-7(10,11)6(8)9/h5-6,12-13H,2-4H2,1H3. The number of nitrogens with one attached hydrogen (secondary N) is 1. The molecule has 0 radical (unpaired) electrons. The summed E-state index contributed by atoms with van der Waals surface area (Å²) in [6.45, 7) is -1.41. The molecule has 0 fully saturated rings. The van der Waals surface area contributed by atoms with E-state index in [1.807, 2.05) is 5.32 Å². The molecule has 0 bridgehead atoms. The molecule has 0 heterocycles. The molecule has 0 amide bonds. The van der Waals surface area contributed by atoms with Crippen molar-refractivity contribution in [1.82, 2.24) is 5.32 Å². The Bertz CT molecular complexity index is 157. The highest BCUT2D eigenvalue weighted by molar-refractivity contribution is 4.73. The Morgan fingerprint density at radius 1 is 1.43 bits per heavy atom. The van der Waals surface area contributed by atoms with Crippen molar-refractivity contribution >= 4 is 0 Å². The van der Waals surface area contributed by atoms with Crippen molar-refractivity contribution in [1.29, 1.82) is 0 Å². The first-order chi connectivity index (χ1) is 6.40. The maximum absolute atomic E-state index is 12.3. The summed E-state index contributed by atoms with van der Waals surface area (Å²) in [6, 6.07) is 0. The van der Waals surface area contributed by atoms with Gasteiger partial charge < -0.3 is 15.2 Å². The Kier molecular flexibility index (Phi) is 5.98. The van der Waals surface area contributed by atoms with Crippen LogP contribution < -0.4 is 5.32 Å². The van der Waals surface area contributed by atoms with Crippen molar-refractivity contribution in [3.8, 4) is 0 Å². The predicted octanol–water partition coefficient (Wildman–Crippen LogP) is 0.484. The molecule has 1 atom stereocenters. The third-order valence-corrected chi connectivity index (χ3v) is 1.42. The molecule has 3 nitrogen and oxygen atoms in total. The van der Waals surface area contributed by atoms with E-state index in [0.717, 1.165) is 0 Å². The van der Waals surface area contributed by atoms with Crippen molar-refractivity contribution in [3.05, 3.63) is 0 Å². The van der Waals surface area contributed by atoms with Crippen LogP contribution in [0.5, 0.6) is 0 Å². The third kappa shape index (κ3) is 5.36. The molecule has 0 aliphatic carbocycles. The van der Waals surface area contributed by atoms with Gasteiger partial charge in [0.15, 0.2) is 0 Å². The maximum atomic E-state index is 12.3. The van der Waals surface area contributed by atoms with Crippen LogP contribution in [0.25, 0.3) is 0 Å². The molecule has 86 valence electrons. The van der Waals surface area contributed by atoms with Gasteiger partial charge in [0.2, 0.25) is 0 Å². The van der Waals surface area contributed by atoms with E-state index in [1.165, 1.54) is 7.11 Å². The molecule has 0 aromatic carbocycles. The number of aliphatic hydroxyl groups is 1. The van der Waals surface area contributed by atoms with Crippen LogP contribution in [0.2, 0.25) is 0 Å². The summed E-state index contributed by atoms with van der Waals surface area (Å²) >= 11 is 0. The SMILES string of the molecule is COCC(O)CNCC(F)(F)C(F)F. The fourth-order valence-electron chi connectivity index (χ4n) is 0.734. The number of aliphatic hydroxyl groups excluding tert-OH is 1. The van der Waals surface area contributed by atoms with Gasteiger partial charge in [-0.1, -0.05) is 0 Å². The number of hydrogen-bond donors (Lipinski definition) is 2. The van der Waals surface area contributed by atoms with Crippen LogP contribution >= 0.6 is 0 Å². The van der Waals surface area contributed by atoms with Crippen LogP contribution in [-0.4, -0.2) is 50.4 Å². The minimum absolute atomic E-state index is 0.0345. The van der Waals surface area contributed by atoms with Crippen LogP contribution in [0.3, 0.4) is 0 Å². The van der Waals surface area contributed by atoms with E-state index in [0.29, 0.717) is 0 Å². The van der Waals surface area contributed by atoms with Crippen LogP contribution in [0, 0.1) is 0 Å². The van der Waals surface area contributed by atoms with Crippen molar-refractivity contribution in [2.24, 2.45) is 0 Å². The largest absolute Gasteiger partial charge is 0.389 e. The average Bonchev–Trinajstić information content (AvgIpc) is 2.04. The van der Waals surface area contributed by atoms with E-state index in [-0.39, 0.29) is 13.2 Å². The zero-order valence-electron chi connectivity index (χ0n) is 7.64. The smallest absolute Gasteiger partial charge is 0.319 e. The molecular weight excluding hydrogens is 206 g/mol. The zero-order chi connectivity index (χ0) is 11.2. The molecule has 0 spiro atoms. The Hall–Kier alpha value is -0.400. The van der Waals surface area contributed by atoms with Crippen LogP contribution in [0.15, 0.2) is 0 Å². The minimum atomic E-state index is -4.06. The van der Waals surface area contributed by atoms with Gasteiger partial charge in [0.1, 0.15) is 0 Å². The summed E-state index contributed by atoms with van der Waals surface area (Å²) in [5.74, 6) is -4.06. The van der Waals surface area contributed by atoms with Gasteiger partial charge in [0, 0.05) is 13.7 Å². The number of rotatable bonds is 7. The minimum Gasteiger partial charge on any atom is -0.389 e. The molecule has 0 rings (SSSR count). The molecular formula is C7H13F4NO2. The van der Waals surface area contributed by atoms with Crippen LogP contribution in [0.1, 0.15) is 0 Å². The van der Waals surface area contributed by atoms with Crippen molar-refractivity contribution in [3.63, 3.8) is 0 Å².